The molecule has 3 aromatic heterocycles. The Balaban J connectivity index is 1.50. The van der Waals surface area contributed by atoms with E-state index in [1.807, 2.05) is 16.8 Å². The van der Waals surface area contributed by atoms with Gasteiger partial charge in [0.05, 0.1) is 4.47 Å². The van der Waals surface area contributed by atoms with E-state index >= 15 is 0 Å². The molecule has 8 heteroatoms. The lowest BCUT2D eigenvalue weighted by molar-refractivity contribution is 0.477. The predicted octanol–water partition coefficient (Wildman–Crippen LogP) is 2.62. The first-order valence-corrected chi connectivity index (χ1v) is 8.95. The molecular formula is C16H18BrN7. The summed E-state index contributed by atoms with van der Waals surface area (Å²) in [4.78, 5) is 15.4. The summed E-state index contributed by atoms with van der Waals surface area (Å²) >= 11 is 3.48. The van der Waals surface area contributed by atoms with Crippen LogP contribution < -0.4 is 4.90 Å². The van der Waals surface area contributed by atoms with Gasteiger partial charge < -0.3 is 4.90 Å². The number of hydrogen-bond acceptors (Lipinski definition) is 6. The van der Waals surface area contributed by atoms with E-state index in [1.165, 1.54) is 5.56 Å². The number of rotatable bonds is 3. The van der Waals surface area contributed by atoms with Gasteiger partial charge in [0, 0.05) is 37.6 Å². The van der Waals surface area contributed by atoms with E-state index in [2.05, 4.69) is 52.9 Å². The summed E-state index contributed by atoms with van der Waals surface area (Å²) in [5.74, 6) is 2.18. The first kappa shape index (κ1) is 15.4. The summed E-state index contributed by atoms with van der Waals surface area (Å²) in [7, 11) is 0. The number of halogens is 1. The quantitative estimate of drug-likeness (QED) is 0.687. The second kappa shape index (κ2) is 6.43. The zero-order valence-electron chi connectivity index (χ0n) is 13.4. The van der Waals surface area contributed by atoms with Crippen LogP contribution in [0, 0.1) is 0 Å². The number of piperidine rings is 1. The molecule has 1 saturated heterocycles. The third-order valence-corrected chi connectivity index (χ3v) is 5.11. The van der Waals surface area contributed by atoms with E-state index in [0.29, 0.717) is 5.92 Å². The molecule has 3 aromatic rings. The molecule has 0 bridgehead atoms. The van der Waals surface area contributed by atoms with Crippen molar-refractivity contribution in [3.63, 3.8) is 0 Å². The molecule has 0 radical (unpaired) electrons. The molecule has 1 fully saturated rings. The molecule has 0 aliphatic carbocycles. The molecule has 124 valence electrons. The molecule has 24 heavy (non-hydrogen) atoms. The Labute approximate surface area is 148 Å². The molecular weight excluding hydrogens is 370 g/mol. The lowest BCUT2D eigenvalue weighted by Gasteiger charge is -2.31. The molecule has 0 N–H and O–H groups in total. The fourth-order valence-corrected chi connectivity index (χ4v) is 3.50. The van der Waals surface area contributed by atoms with Crippen molar-refractivity contribution in [2.45, 2.75) is 32.1 Å². The minimum absolute atomic E-state index is 0.377. The summed E-state index contributed by atoms with van der Waals surface area (Å²) < 4.78 is 2.85. The van der Waals surface area contributed by atoms with Crippen molar-refractivity contribution in [1.29, 1.82) is 0 Å². The Morgan fingerprint density at radius 3 is 2.58 bits per heavy atom. The zero-order valence-corrected chi connectivity index (χ0v) is 15.0. The monoisotopic (exact) mass is 387 g/mol. The Bertz CT molecular complexity index is 837. The summed E-state index contributed by atoms with van der Waals surface area (Å²) in [6.45, 7) is 3.96. The van der Waals surface area contributed by atoms with Crippen LogP contribution in [0.5, 0.6) is 0 Å². The molecule has 7 nitrogen and oxygen atoms in total. The van der Waals surface area contributed by atoms with Crippen molar-refractivity contribution in [1.82, 2.24) is 29.5 Å². The Morgan fingerprint density at radius 2 is 1.88 bits per heavy atom. The first-order chi connectivity index (χ1) is 11.8. The van der Waals surface area contributed by atoms with Crippen molar-refractivity contribution in [2.24, 2.45) is 0 Å². The van der Waals surface area contributed by atoms with Gasteiger partial charge in [0.1, 0.15) is 12.2 Å². The van der Waals surface area contributed by atoms with Gasteiger partial charge in [-0.3, -0.25) is 4.40 Å². The van der Waals surface area contributed by atoms with Crippen LogP contribution >= 0.6 is 15.9 Å². The van der Waals surface area contributed by atoms with Gasteiger partial charge in [0.2, 0.25) is 5.95 Å². The smallest absolute Gasteiger partial charge is 0.225 e. The molecule has 0 amide bonds. The topological polar surface area (TPSA) is 72.1 Å². The van der Waals surface area contributed by atoms with Gasteiger partial charge in [0.25, 0.3) is 0 Å². The van der Waals surface area contributed by atoms with Crippen LogP contribution in [0.25, 0.3) is 5.65 Å². The van der Waals surface area contributed by atoms with Gasteiger partial charge in [-0.05, 0) is 40.8 Å². The average Bonchev–Trinajstić information content (AvgIpc) is 3.07. The summed E-state index contributed by atoms with van der Waals surface area (Å²) in [6, 6.07) is 0. The van der Waals surface area contributed by atoms with Crippen LogP contribution in [-0.2, 0) is 6.42 Å². The van der Waals surface area contributed by atoms with Crippen LogP contribution in [0.2, 0.25) is 0 Å². The third-order valence-electron chi connectivity index (χ3n) is 4.55. The van der Waals surface area contributed by atoms with Gasteiger partial charge in [0.15, 0.2) is 5.65 Å². The minimum atomic E-state index is 0.377. The maximum Gasteiger partial charge on any atom is 0.225 e. The fourth-order valence-electron chi connectivity index (χ4n) is 3.11. The molecule has 4 heterocycles. The average molecular weight is 388 g/mol. The molecule has 0 spiro atoms. The van der Waals surface area contributed by atoms with Gasteiger partial charge >= 0.3 is 0 Å². The molecule has 1 aliphatic rings. The largest absolute Gasteiger partial charge is 0.341 e. The van der Waals surface area contributed by atoms with Crippen molar-refractivity contribution < 1.29 is 0 Å². The lowest BCUT2D eigenvalue weighted by Crippen LogP contribution is -2.34. The van der Waals surface area contributed by atoms with Crippen LogP contribution in [0.4, 0.5) is 5.95 Å². The highest BCUT2D eigenvalue weighted by atomic mass is 79.9. The molecule has 0 saturated carbocycles. The maximum atomic E-state index is 4.49. The number of aryl methyl sites for hydroxylation is 1. The SMILES string of the molecule is CCc1cnc(N2CCC(c3nnc4c(Br)cncn34)CC2)nc1. The van der Waals surface area contributed by atoms with Crippen LogP contribution in [0.1, 0.15) is 37.1 Å². The molecule has 0 aromatic carbocycles. The molecule has 1 aliphatic heterocycles. The number of nitrogens with zero attached hydrogens (tertiary/aromatic N) is 7. The van der Waals surface area contributed by atoms with Crippen LogP contribution in [0.3, 0.4) is 0 Å². The summed E-state index contributed by atoms with van der Waals surface area (Å²) in [6.07, 6.45) is 10.3. The second-order valence-corrected chi connectivity index (χ2v) is 6.85. The number of anilines is 1. The zero-order chi connectivity index (χ0) is 16.5. The Hall–Kier alpha value is -2.09. The highest BCUT2D eigenvalue weighted by Gasteiger charge is 2.26. The highest BCUT2D eigenvalue weighted by Crippen LogP contribution is 2.29. The third kappa shape index (κ3) is 2.75. The Kier molecular flexibility index (Phi) is 4.13. The second-order valence-electron chi connectivity index (χ2n) is 6.00. The van der Waals surface area contributed by atoms with Gasteiger partial charge in [-0.2, -0.15) is 0 Å². The predicted molar refractivity (Wildman–Crippen MR) is 94.1 cm³/mol. The van der Waals surface area contributed by atoms with E-state index in [1.54, 1.807) is 12.5 Å². The molecule has 4 rings (SSSR count). The van der Waals surface area contributed by atoms with E-state index in [9.17, 15) is 0 Å². The standard InChI is InChI=1S/C16H18BrN7/c1-2-11-7-19-16(20-8-11)23-5-3-12(4-6-23)14-21-22-15-13(17)9-18-10-24(14)15/h7-10,12H,2-6H2,1H3. The first-order valence-electron chi connectivity index (χ1n) is 8.16. The van der Waals surface area contributed by atoms with Gasteiger partial charge in [-0.1, -0.05) is 6.92 Å². The van der Waals surface area contributed by atoms with E-state index in [-0.39, 0.29) is 0 Å². The van der Waals surface area contributed by atoms with Crippen LogP contribution in [-0.4, -0.2) is 42.6 Å². The van der Waals surface area contributed by atoms with Crippen molar-refractivity contribution in [3.8, 4) is 0 Å². The number of hydrogen-bond donors (Lipinski definition) is 0. The number of aromatic nitrogens is 6. The fraction of sp³-hybridized carbons (Fsp3) is 0.438. The summed E-state index contributed by atoms with van der Waals surface area (Å²) in [5.41, 5.74) is 1.99. The van der Waals surface area contributed by atoms with Gasteiger partial charge in [-0.25, -0.2) is 15.0 Å². The van der Waals surface area contributed by atoms with E-state index in [4.69, 9.17) is 0 Å². The Morgan fingerprint density at radius 1 is 1.12 bits per heavy atom. The minimum Gasteiger partial charge on any atom is -0.341 e. The maximum absolute atomic E-state index is 4.49. The molecule has 0 unspecified atom stereocenters. The van der Waals surface area contributed by atoms with Gasteiger partial charge in [-0.15, -0.1) is 10.2 Å². The van der Waals surface area contributed by atoms with Crippen molar-refractivity contribution in [3.05, 3.63) is 40.8 Å². The molecule has 0 atom stereocenters. The van der Waals surface area contributed by atoms with Crippen molar-refractivity contribution >= 4 is 27.5 Å². The summed E-state index contributed by atoms with van der Waals surface area (Å²) in [5, 5.41) is 8.67. The lowest BCUT2D eigenvalue weighted by atomic mass is 9.96. The number of fused-ring (bicyclic) bond motifs is 1. The normalized spacial score (nSPS) is 16.0. The van der Waals surface area contributed by atoms with E-state index < -0.39 is 0 Å². The van der Waals surface area contributed by atoms with E-state index in [0.717, 1.165) is 54.2 Å². The van der Waals surface area contributed by atoms with Crippen molar-refractivity contribution in [2.75, 3.05) is 18.0 Å². The highest BCUT2D eigenvalue weighted by molar-refractivity contribution is 9.10. The van der Waals surface area contributed by atoms with Crippen LogP contribution in [0.15, 0.2) is 29.4 Å².